The second-order valence-corrected chi connectivity index (χ2v) is 6.29. The SMILES string of the molecule is Cc1csc(C(=O)O)c1N1C(=O)C2CCCCC2C1=O. The third-order valence-electron chi connectivity index (χ3n) is 4.20. The molecule has 1 N–H and O–H groups in total. The zero-order valence-electron chi connectivity index (χ0n) is 11.1. The summed E-state index contributed by atoms with van der Waals surface area (Å²) in [5, 5.41) is 10.9. The first-order chi connectivity index (χ1) is 9.52. The zero-order valence-corrected chi connectivity index (χ0v) is 11.9. The standard InChI is InChI=1S/C14H15NO4S/c1-7-6-20-11(14(18)19)10(7)15-12(16)8-4-2-3-5-9(8)13(15)17/h6,8-9H,2-5H2,1H3,(H,18,19). The number of nitrogens with zero attached hydrogens (tertiary/aromatic N) is 1. The van der Waals surface area contributed by atoms with E-state index in [9.17, 15) is 19.5 Å². The number of fused-ring (bicyclic) bond motifs is 1. The average molecular weight is 293 g/mol. The van der Waals surface area contributed by atoms with Gasteiger partial charge in [0.25, 0.3) is 0 Å². The van der Waals surface area contributed by atoms with E-state index in [1.54, 1.807) is 12.3 Å². The molecule has 0 aromatic carbocycles. The Kier molecular flexibility index (Phi) is 3.12. The van der Waals surface area contributed by atoms with Gasteiger partial charge in [-0.05, 0) is 30.7 Å². The molecule has 2 fully saturated rings. The van der Waals surface area contributed by atoms with Gasteiger partial charge in [-0.25, -0.2) is 9.69 Å². The molecule has 3 rings (SSSR count). The Hall–Kier alpha value is -1.69. The number of thiophene rings is 1. The van der Waals surface area contributed by atoms with Crippen molar-refractivity contribution in [3.8, 4) is 0 Å². The topological polar surface area (TPSA) is 74.7 Å². The van der Waals surface area contributed by atoms with E-state index in [-0.39, 0.29) is 34.2 Å². The predicted octanol–water partition coefficient (Wildman–Crippen LogP) is 2.43. The van der Waals surface area contributed by atoms with Crippen molar-refractivity contribution in [2.45, 2.75) is 32.6 Å². The minimum Gasteiger partial charge on any atom is -0.477 e. The first-order valence-electron chi connectivity index (χ1n) is 6.71. The lowest BCUT2D eigenvalue weighted by Gasteiger charge is -2.19. The highest BCUT2D eigenvalue weighted by Gasteiger charge is 2.50. The van der Waals surface area contributed by atoms with Gasteiger partial charge in [-0.3, -0.25) is 9.59 Å². The van der Waals surface area contributed by atoms with Gasteiger partial charge in [0.05, 0.1) is 17.5 Å². The maximum Gasteiger partial charge on any atom is 0.348 e. The molecule has 1 saturated heterocycles. The summed E-state index contributed by atoms with van der Waals surface area (Å²) in [4.78, 5) is 37.5. The van der Waals surface area contributed by atoms with Crippen molar-refractivity contribution in [3.63, 3.8) is 0 Å². The van der Waals surface area contributed by atoms with Crippen molar-refractivity contribution in [3.05, 3.63) is 15.8 Å². The predicted molar refractivity (Wildman–Crippen MR) is 74.0 cm³/mol. The molecule has 2 unspecified atom stereocenters. The normalized spacial score (nSPS) is 25.9. The van der Waals surface area contributed by atoms with Crippen LogP contribution in [0, 0.1) is 18.8 Å². The molecule has 1 aliphatic carbocycles. The maximum absolute atomic E-state index is 12.5. The Morgan fingerprint density at radius 1 is 1.25 bits per heavy atom. The fourth-order valence-corrected chi connectivity index (χ4v) is 4.12. The Morgan fingerprint density at radius 3 is 2.30 bits per heavy atom. The number of carboxylic acids is 1. The average Bonchev–Trinajstić information content (AvgIpc) is 2.91. The molecule has 0 radical (unpaired) electrons. The van der Waals surface area contributed by atoms with Gasteiger partial charge < -0.3 is 5.11 Å². The Balaban J connectivity index is 2.06. The molecule has 2 heterocycles. The summed E-state index contributed by atoms with van der Waals surface area (Å²) in [6.45, 7) is 1.74. The Labute approximate surface area is 120 Å². The van der Waals surface area contributed by atoms with Crippen molar-refractivity contribution >= 4 is 34.8 Å². The number of anilines is 1. The smallest absolute Gasteiger partial charge is 0.348 e. The van der Waals surface area contributed by atoms with Crippen LogP contribution in [0.25, 0.3) is 0 Å². The minimum absolute atomic E-state index is 0.0721. The van der Waals surface area contributed by atoms with Gasteiger partial charge in [0, 0.05) is 0 Å². The number of hydrogen-bond acceptors (Lipinski definition) is 4. The number of imide groups is 1. The highest BCUT2D eigenvalue weighted by atomic mass is 32.1. The van der Waals surface area contributed by atoms with E-state index in [1.807, 2.05) is 0 Å². The minimum atomic E-state index is -1.09. The molecule has 1 aromatic heterocycles. The number of rotatable bonds is 2. The quantitative estimate of drug-likeness (QED) is 0.850. The number of aromatic carboxylic acids is 1. The van der Waals surface area contributed by atoms with Gasteiger partial charge >= 0.3 is 5.97 Å². The van der Waals surface area contributed by atoms with Crippen LogP contribution in [0.3, 0.4) is 0 Å². The van der Waals surface area contributed by atoms with Gasteiger partial charge in [-0.15, -0.1) is 11.3 Å². The third kappa shape index (κ3) is 1.78. The van der Waals surface area contributed by atoms with Crippen LogP contribution in [0.5, 0.6) is 0 Å². The molecule has 6 heteroatoms. The van der Waals surface area contributed by atoms with Crippen molar-refractivity contribution in [2.24, 2.45) is 11.8 Å². The summed E-state index contributed by atoms with van der Waals surface area (Å²) in [7, 11) is 0. The maximum atomic E-state index is 12.5. The fourth-order valence-electron chi connectivity index (χ4n) is 3.25. The molecular weight excluding hydrogens is 278 g/mol. The van der Waals surface area contributed by atoms with Crippen LogP contribution >= 0.6 is 11.3 Å². The molecule has 1 saturated carbocycles. The van der Waals surface area contributed by atoms with E-state index in [0.717, 1.165) is 41.9 Å². The van der Waals surface area contributed by atoms with Gasteiger partial charge in [0.2, 0.25) is 11.8 Å². The molecule has 20 heavy (non-hydrogen) atoms. The highest BCUT2D eigenvalue weighted by Crippen LogP contribution is 2.43. The number of carbonyl (C=O) groups excluding carboxylic acids is 2. The van der Waals surface area contributed by atoms with Crippen molar-refractivity contribution < 1.29 is 19.5 Å². The van der Waals surface area contributed by atoms with Gasteiger partial charge in [-0.2, -0.15) is 0 Å². The van der Waals surface area contributed by atoms with Crippen LogP contribution in [0.1, 0.15) is 40.9 Å². The lowest BCUT2D eigenvalue weighted by molar-refractivity contribution is -0.122. The number of aryl methyl sites for hydroxylation is 1. The van der Waals surface area contributed by atoms with Crippen molar-refractivity contribution in [2.75, 3.05) is 4.90 Å². The van der Waals surface area contributed by atoms with Crippen molar-refractivity contribution in [1.29, 1.82) is 0 Å². The van der Waals surface area contributed by atoms with E-state index < -0.39 is 5.97 Å². The van der Waals surface area contributed by atoms with E-state index in [1.165, 1.54) is 0 Å². The van der Waals surface area contributed by atoms with Crippen LogP contribution in [-0.2, 0) is 9.59 Å². The van der Waals surface area contributed by atoms with Crippen LogP contribution in [0.2, 0.25) is 0 Å². The molecule has 5 nitrogen and oxygen atoms in total. The monoisotopic (exact) mass is 293 g/mol. The zero-order chi connectivity index (χ0) is 14.4. The summed E-state index contributed by atoms with van der Waals surface area (Å²) in [6.07, 6.45) is 3.39. The van der Waals surface area contributed by atoms with Gasteiger partial charge in [-0.1, -0.05) is 12.8 Å². The largest absolute Gasteiger partial charge is 0.477 e. The summed E-state index contributed by atoms with van der Waals surface area (Å²) < 4.78 is 0. The van der Waals surface area contributed by atoms with Gasteiger partial charge in [0.15, 0.2) is 0 Å². The van der Waals surface area contributed by atoms with Gasteiger partial charge in [0.1, 0.15) is 4.88 Å². The first-order valence-corrected chi connectivity index (χ1v) is 7.59. The Morgan fingerprint density at radius 2 is 1.80 bits per heavy atom. The molecule has 2 amide bonds. The van der Waals surface area contributed by atoms with Crippen molar-refractivity contribution in [1.82, 2.24) is 0 Å². The lowest BCUT2D eigenvalue weighted by atomic mass is 9.81. The number of amides is 2. The summed E-state index contributed by atoms with van der Waals surface area (Å²) in [6, 6.07) is 0. The summed E-state index contributed by atoms with van der Waals surface area (Å²) in [5.74, 6) is -2.03. The molecule has 1 aromatic rings. The number of carbonyl (C=O) groups is 3. The number of carboxylic acid groups (broad SMARTS) is 1. The highest BCUT2D eigenvalue weighted by molar-refractivity contribution is 7.12. The molecular formula is C14H15NO4S. The summed E-state index contributed by atoms with van der Waals surface area (Å²) in [5.41, 5.74) is 0.958. The van der Waals surface area contributed by atoms with Crippen LogP contribution in [0.4, 0.5) is 5.69 Å². The molecule has 2 atom stereocenters. The van der Waals surface area contributed by atoms with Crippen LogP contribution in [-0.4, -0.2) is 22.9 Å². The second kappa shape index (κ2) is 4.70. The lowest BCUT2D eigenvalue weighted by Crippen LogP contribution is -2.32. The molecule has 106 valence electrons. The molecule has 1 aliphatic heterocycles. The first kappa shape index (κ1) is 13.3. The van der Waals surface area contributed by atoms with Crippen LogP contribution < -0.4 is 4.90 Å². The van der Waals surface area contributed by atoms with E-state index >= 15 is 0 Å². The van der Waals surface area contributed by atoms with E-state index in [0.29, 0.717) is 5.56 Å². The Bertz CT molecular complexity index is 582. The fraction of sp³-hybridized carbons (Fsp3) is 0.500. The summed E-state index contributed by atoms with van der Waals surface area (Å²) >= 11 is 1.06. The van der Waals surface area contributed by atoms with E-state index in [4.69, 9.17) is 0 Å². The molecule has 0 spiro atoms. The molecule has 0 bridgehead atoms. The molecule has 2 aliphatic rings. The number of hydrogen-bond donors (Lipinski definition) is 1. The second-order valence-electron chi connectivity index (χ2n) is 5.41. The van der Waals surface area contributed by atoms with E-state index in [2.05, 4.69) is 0 Å². The van der Waals surface area contributed by atoms with Crippen LogP contribution in [0.15, 0.2) is 5.38 Å². The third-order valence-corrected chi connectivity index (χ3v) is 5.28.